The Morgan fingerprint density at radius 1 is 1.24 bits per heavy atom. The molecule has 0 radical (unpaired) electrons. The summed E-state index contributed by atoms with van der Waals surface area (Å²) in [6.07, 6.45) is 4.69. The van der Waals surface area contributed by atoms with E-state index in [0.29, 0.717) is 5.69 Å². The van der Waals surface area contributed by atoms with Crippen molar-refractivity contribution in [2.45, 2.75) is 13.3 Å². The van der Waals surface area contributed by atoms with Gasteiger partial charge in [-0.25, -0.2) is 0 Å². The van der Waals surface area contributed by atoms with Crippen molar-refractivity contribution in [3.05, 3.63) is 40.4 Å². The van der Waals surface area contributed by atoms with Crippen LogP contribution in [0.15, 0.2) is 34.8 Å². The molecule has 0 unspecified atom stereocenters. The molecule has 21 heavy (non-hydrogen) atoms. The van der Waals surface area contributed by atoms with Crippen LogP contribution in [0.25, 0.3) is 0 Å². The number of rotatable bonds is 3. The van der Waals surface area contributed by atoms with Gasteiger partial charge in [0, 0.05) is 4.47 Å². The number of carbonyl (C=O) groups is 2. The highest BCUT2D eigenvalue weighted by Gasteiger charge is 2.51. The molecule has 4 nitrogen and oxygen atoms in total. The second kappa shape index (κ2) is 5.30. The number of halogens is 1. The first-order valence-corrected chi connectivity index (χ1v) is 7.75. The molecule has 0 aromatic heterocycles. The number of anilines is 1. The molecule has 0 heterocycles. The fourth-order valence-electron chi connectivity index (χ4n) is 3.45. The normalized spacial score (nSPS) is 29.6. The van der Waals surface area contributed by atoms with Crippen molar-refractivity contribution >= 4 is 33.5 Å². The average molecular weight is 350 g/mol. The number of amides is 1. The second-order valence-electron chi connectivity index (χ2n) is 5.81. The lowest BCUT2D eigenvalue weighted by molar-refractivity contribution is -0.146. The van der Waals surface area contributed by atoms with E-state index in [1.165, 1.54) is 0 Å². The van der Waals surface area contributed by atoms with E-state index >= 15 is 0 Å². The Hall–Kier alpha value is -1.62. The first-order chi connectivity index (χ1) is 9.97. The van der Waals surface area contributed by atoms with Crippen molar-refractivity contribution in [3.8, 4) is 0 Å². The zero-order valence-corrected chi connectivity index (χ0v) is 13.1. The van der Waals surface area contributed by atoms with Crippen LogP contribution in [-0.4, -0.2) is 17.0 Å². The predicted molar refractivity (Wildman–Crippen MR) is 82.9 cm³/mol. The number of carboxylic acid groups (broad SMARTS) is 1. The van der Waals surface area contributed by atoms with Crippen LogP contribution in [0.1, 0.15) is 12.0 Å². The minimum absolute atomic E-state index is 0.00953. The number of aliphatic carboxylic acids is 1. The molecule has 2 aliphatic carbocycles. The lowest BCUT2D eigenvalue weighted by Crippen LogP contribution is -2.36. The third kappa shape index (κ3) is 2.50. The quantitative estimate of drug-likeness (QED) is 0.823. The van der Waals surface area contributed by atoms with Crippen molar-refractivity contribution in [3.63, 3.8) is 0 Å². The fraction of sp³-hybridized carbons (Fsp3) is 0.375. The molecule has 1 aromatic carbocycles. The first kappa shape index (κ1) is 14.3. The maximum absolute atomic E-state index is 12.5. The van der Waals surface area contributed by atoms with E-state index in [0.717, 1.165) is 16.5 Å². The molecule has 1 fully saturated rings. The largest absolute Gasteiger partial charge is 0.481 e. The highest BCUT2D eigenvalue weighted by Crippen LogP contribution is 2.48. The summed E-state index contributed by atoms with van der Waals surface area (Å²) < 4.78 is 0.807. The molecule has 0 saturated heterocycles. The number of benzene rings is 1. The Morgan fingerprint density at radius 2 is 1.90 bits per heavy atom. The van der Waals surface area contributed by atoms with Crippen LogP contribution < -0.4 is 5.32 Å². The molecule has 5 heteroatoms. The van der Waals surface area contributed by atoms with E-state index in [9.17, 15) is 14.7 Å². The van der Waals surface area contributed by atoms with Crippen LogP contribution in [0, 0.1) is 30.6 Å². The van der Waals surface area contributed by atoms with Crippen LogP contribution in [0.4, 0.5) is 5.69 Å². The molecule has 1 amide bonds. The first-order valence-electron chi connectivity index (χ1n) is 6.95. The SMILES string of the molecule is Cc1ccc(NC(=O)[C@H]2[C@@H](C(=O)O)[C@@H]3C=C[C@H]2C3)c(Br)c1. The summed E-state index contributed by atoms with van der Waals surface area (Å²) in [4.78, 5) is 24.0. The number of fused-ring (bicyclic) bond motifs is 2. The maximum atomic E-state index is 12.5. The van der Waals surface area contributed by atoms with E-state index in [1.54, 1.807) is 0 Å². The number of nitrogens with one attached hydrogen (secondary N) is 1. The zero-order valence-electron chi connectivity index (χ0n) is 11.5. The number of aryl methyl sites for hydroxylation is 1. The Labute approximate surface area is 131 Å². The van der Waals surface area contributed by atoms with Crippen LogP contribution in [0.5, 0.6) is 0 Å². The van der Waals surface area contributed by atoms with Crippen LogP contribution in [0.2, 0.25) is 0 Å². The van der Waals surface area contributed by atoms with Gasteiger partial charge in [-0.3, -0.25) is 9.59 Å². The van der Waals surface area contributed by atoms with Gasteiger partial charge in [-0.2, -0.15) is 0 Å². The van der Waals surface area contributed by atoms with Crippen molar-refractivity contribution in [1.82, 2.24) is 0 Å². The fourth-order valence-corrected chi connectivity index (χ4v) is 4.05. The summed E-state index contributed by atoms with van der Waals surface area (Å²) in [5.74, 6) is -2.14. The van der Waals surface area contributed by atoms with Gasteiger partial charge < -0.3 is 10.4 Å². The maximum Gasteiger partial charge on any atom is 0.307 e. The van der Waals surface area contributed by atoms with Crippen molar-refractivity contribution in [2.24, 2.45) is 23.7 Å². The van der Waals surface area contributed by atoms with Gasteiger partial charge in [0.2, 0.25) is 5.91 Å². The summed E-state index contributed by atoms with van der Waals surface area (Å²) in [5, 5.41) is 12.3. The molecule has 3 rings (SSSR count). The molecule has 0 spiro atoms. The number of allylic oxidation sites excluding steroid dienone is 2. The predicted octanol–water partition coefficient (Wildman–Crippen LogP) is 3.22. The topological polar surface area (TPSA) is 66.4 Å². The third-order valence-corrected chi connectivity index (χ3v) is 5.09. The summed E-state index contributed by atoms with van der Waals surface area (Å²) in [6, 6.07) is 5.66. The van der Waals surface area contributed by atoms with Gasteiger partial charge in [0.15, 0.2) is 0 Å². The third-order valence-electron chi connectivity index (χ3n) is 4.43. The summed E-state index contributed by atoms with van der Waals surface area (Å²) in [6.45, 7) is 1.97. The zero-order chi connectivity index (χ0) is 15.1. The molecule has 1 saturated carbocycles. The van der Waals surface area contributed by atoms with Gasteiger partial charge in [0.1, 0.15) is 0 Å². The van der Waals surface area contributed by atoms with Crippen LogP contribution in [0.3, 0.4) is 0 Å². The van der Waals surface area contributed by atoms with Crippen LogP contribution >= 0.6 is 15.9 Å². The van der Waals surface area contributed by atoms with E-state index in [2.05, 4.69) is 21.2 Å². The van der Waals surface area contributed by atoms with Gasteiger partial charge in [0.25, 0.3) is 0 Å². The Kier molecular flexibility index (Phi) is 3.61. The second-order valence-corrected chi connectivity index (χ2v) is 6.67. The van der Waals surface area contributed by atoms with Gasteiger partial charge in [-0.1, -0.05) is 18.2 Å². The number of hydrogen-bond donors (Lipinski definition) is 2. The lowest BCUT2D eigenvalue weighted by Gasteiger charge is -2.24. The average Bonchev–Trinajstić information content (AvgIpc) is 3.02. The van der Waals surface area contributed by atoms with Crippen molar-refractivity contribution < 1.29 is 14.7 Å². The standard InChI is InChI=1S/C16H16BrNO3/c1-8-2-5-12(11(17)6-8)18-15(19)13-9-3-4-10(7-9)14(13)16(20)21/h2-6,9-10,13-14H,7H2,1H3,(H,18,19)(H,20,21)/t9-,10+,13+,14-/m0/s1. The van der Waals surface area contributed by atoms with Crippen molar-refractivity contribution in [1.29, 1.82) is 0 Å². The summed E-state index contributed by atoms with van der Waals surface area (Å²) in [5.41, 5.74) is 1.77. The van der Waals surface area contributed by atoms with Gasteiger partial charge in [-0.15, -0.1) is 0 Å². The molecule has 110 valence electrons. The summed E-state index contributed by atoms with van der Waals surface area (Å²) >= 11 is 3.42. The Bertz CT molecular complexity index is 640. The number of carbonyl (C=O) groups excluding carboxylic acids is 1. The Balaban J connectivity index is 1.82. The van der Waals surface area contributed by atoms with E-state index in [1.807, 2.05) is 37.3 Å². The Morgan fingerprint density at radius 3 is 2.52 bits per heavy atom. The summed E-state index contributed by atoms with van der Waals surface area (Å²) in [7, 11) is 0. The highest BCUT2D eigenvalue weighted by atomic mass is 79.9. The van der Waals surface area contributed by atoms with Gasteiger partial charge in [-0.05, 0) is 58.8 Å². The molecule has 1 aromatic rings. The lowest BCUT2D eigenvalue weighted by atomic mass is 9.82. The van der Waals surface area contributed by atoms with E-state index < -0.39 is 17.8 Å². The molecular formula is C16H16BrNO3. The van der Waals surface area contributed by atoms with Crippen molar-refractivity contribution in [2.75, 3.05) is 5.32 Å². The molecule has 4 atom stereocenters. The minimum Gasteiger partial charge on any atom is -0.481 e. The highest BCUT2D eigenvalue weighted by molar-refractivity contribution is 9.10. The van der Waals surface area contributed by atoms with E-state index in [4.69, 9.17) is 0 Å². The number of hydrogen-bond acceptors (Lipinski definition) is 2. The van der Waals surface area contributed by atoms with Gasteiger partial charge in [0.05, 0.1) is 17.5 Å². The van der Waals surface area contributed by atoms with Crippen LogP contribution in [-0.2, 0) is 9.59 Å². The number of carboxylic acids is 1. The molecule has 0 aliphatic heterocycles. The van der Waals surface area contributed by atoms with E-state index in [-0.39, 0.29) is 17.7 Å². The monoisotopic (exact) mass is 349 g/mol. The molecular weight excluding hydrogens is 334 g/mol. The molecule has 2 N–H and O–H groups in total. The van der Waals surface area contributed by atoms with Gasteiger partial charge >= 0.3 is 5.97 Å². The molecule has 2 aliphatic rings. The molecule has 2 bridgehead atoms. The smallest absolute Gasteiger partial charge is 0.307 e. The minimum atomic E-state index is -0.880.